The third kappa shape index (κ3) is 4.06. The first-order chi connectivity index (χ1) is 10.4. The fraction of sp³-hybridized carbons (Fsp3) is 0.333. The maximum absolute atomic E-state index is 11.9. The summed E-state index contributed by atoms with van der Waals surface area (Å²) in [5, 5.41) is 16.1. The van der Waals surface area contributed by atoms with Gasteiger partial charge in [0.05, 0.1) is 25.9 Å². The van der Waals surface area contributed by atoms with Gasteiger partial charge in [-0.25, -0.2) is 4.79 Å². The largest absolute Gasteiger partial charge is 0.493 e. The number of Topliss-reactive ketones (excluding diaryl/α,β-unsaturated/α-hetero) is 1. The minimum absolute atomic E-state index is 0.0883. The first-order valence-electron chi connectivity index (χ1n) is 6.31. The van der Waals surface area contributed by atoms with Crippen LogP contribution >= 0.6 is 0 Å². The number of carbonyl (C=O) groups excluding carboxylic acids is 2. The van der Waals surface area contributed by atoms with E-state index in [1.165, 1.54) is 39.3 Å². The van der Waals surface area contributed by atoms with Crippen molar-refractivity contribution in [3.63, 3.8) is 0 Å². The van der Waals surface area contributed by atoms with Crippen molar-refractivity contribution in [2.75, 3.05) is 20.8 Å². The highest BCUT2D eigenvalue weighted by Gasteiger charge is 2.22. The summed E-state index contributed by atoms with van der Waals surface area (Å²) >= 11 is 0. The molecule has 0 radical (unpaired) electrons. The molecule has 0 heterocycles. The smallest absolute Gasteiger partial charge is 0.338 e. The molecule has 0 spiro atoms. The number of benzene rings is 1. The number of methoxy groups -OCH3 is 2. The summed E-state index contributed by atoms with van der Waals surface area (Å²) in [6.45, 7) is 0.781. The van der Waals surface area contributed by atoms with E-state index in [1.54, 1.807) is 6.07 Å². The van der Waals surface area contributed by atoms with Crippen LogP contribution < -0.4 is 9.47 Å². The van der Waals surface area contributed by atoms with Gasteiger partial charge in [0, 0.05) is 5.71 Å². The van der Waals surface area contributed by atoms with E-state index >= 15 is 0 Å². The van der Waals surface area contributed by atoms with Gasteiger partial charge in [0.15, 0.2) is 23.9 Å². The summed E-state index contributed by atoms with van der Waals surface area (Å²) in [5.74, 6) is -1.75. The van der Waals surface area contributed by atoms with Crippen molar-refractivity contribution in [1.82, 2.24) is 0 Å². The van der Waals surface area contributed by atoms with Gasteiger partial charge < -0.3 is 19.6 Å². The molecule has 0 bridgehead atoms. The van der Waals surface area contributed by atoms with Crippen molar-refractivity contribution in [1.29, 1.82) is 10.7 Å². The molecule has 1 aromatic carbocycles. The quantitative estimate of drug-likeness (QED) is 0.605. The van der Waals surface area contributed by atoms with Gasteiger partial charge in [-0.2, -0.15) is 5.26 Å². The second-order valence-corrected chi connectivity index (χ2v) is 4.36. The fourth-order valence-corrected chi connectivity index (χ4v) is 1.68. The molecule has 0 saturated heterocycles. The number of nitriles is 1. The topological polar surface area (TPSA) is 109 Å². The summed E-state index contributed by atoms with van der Waals surface area (Å²) in [6.07, 6.45) is 0. The highest BCUT2D eigenvalue weighted by Crippen LogP contribution is 2.27. The van der Waals surface area contributed by atoms with E-state index in [4.69, 9.17) is 24.9 Å². The Balaban J connectivity index is 2.76. The van der Waals surface area contributed by atoms with Gasteiger partial charge in [-0.1, -0.05) is 0 Å². The lowest BCUT2D eigenvalue weighted by Gasteiger charge is -2.10. The lowest BCUT2D eigenvalue weighted by atomic mass is 10.0. The zero-order chi connectivity index (χ0) is 16.7. The predicted octanol–water partition coefficient (Wildman–Crippen LogP) is 1.61. The highest BCUT2D eigenvalue weighted by atomic mass is 16.5. The van der Waals surface area contributed by atoms with Crippen molar-refractivity contribution >= 4 is 17.5 Å². The summed E-state index contributed by atoms with van der Waals surface area (Å²) in [6, 6.07) is 6.13. The van der Waals surface area contributed by atoms with Crippen LogP contribution in [0, 0.1) is 22.7 Å². The average molecular weight is 304 g/mol. The van der Waals surface area contributed by atoms with Crippen molar-refractivity contribution in [3.8, 4) is 17.6 Å². The number of hydrogen-bond acceptors (Lipinski definition) is 7. The minimum atomic E-state index is -1.20. The second-order valence-electron chi connectivity index (χ2n) is 4.36. The number of ketones is 1. The summed E-state index contributed by atoms with van der Waals surface area (Å²) in [5.41, 5.74) is 0.0974. The van der Waals surface area contributed by atoms with Crippen LogP contribution in [0.1, 0.15) is 17.3 Å². The maximum atomic E-state index is 11.9. The molecule has 0 aliphatic rings. The minimum Gasteiger partial charge on any atom is -0.493 e. The molecule has 0 aliphatic heterocycles. The van der Waals surface area contributed by atoms with Crippen LogP contribution in [0.5, 0.6) is 11.5 Å². The molecule has 0 fully saturated rings. The maximum Gasteiger partial charge on any atom is 0.338 e. The van der Waals surface area contributed by atoms with Gasteiger partial charge in [-0.05, 0) is 25.1 Å². The zero-order valence-corrected chi connectivity index (χ0v) is 12.5. The molecule has 116 valence electrons. The van der Waals surface area contributed by atoms with E-state index < -0.39 is 24.3 Å². The monoisotopic (exact) mass is 304 g/mol. The van der Waals surface area contributed by atoms with E-state index in [1.807, 2.05) is 0 Å². The second kappa shape index (κ2) is 7.78. The van der Waals surface area contributed by atoms with Crippen molar-refractivity contribution in [3.05, 3.63) is 23.8 Å². The Hall–Kier alpha value is -2.88. The van der Waals surface area contributed by atoms with Gasteiger partial charge in [0.1, 0.15) is 5.92 Å². The first kappa shape index (κ1) is 17.2. The average Bonchev–Trinajstić information content (AvgIpc) is 2.52. The lowest BCUT2D eigenvalue weighted by Crippen LogP contribution is -2.25. The highest BCUT2D eigenvalue weighted by molar-refractivity contribution is 6.06. The lowest BCUT2D eigenvalue weighted by molar-refractivity contribution is -0.122. The third-order valence-electron chi connectivity index (χ3n) is 2.85. The van der Waals surface area contributed by atoms with Gasteiger partial charge in [-0.15, -0.1) is 0 Å². The van der Waals surface area contributed by atoms with Crippen LogP contribution in [-0.2, 0) is 9.53 Å². The number of nitrogens with zero attached hydrogens (tertiary/aromatic N) is 1. The summed E-state index contributed by atoms with van der Waals surface area (Å²) in [7, 11) is 2.90. The van der Waals surface area contributed by atoms with Crippen LogP contribution in [0.25, 0.3) is 0 Å². The molecule has 1 N–H and O–H groups in total. The van der Waals surface area contributed by atoms with Gasteiger partial charge in [-0.3, -0.25) is 4.79 Å². The molecule has 1 unspecified atom stereocenters. The van der Waals surface area contributed by atoms with E-state index in [0.717, 1.165) is 0 Å². The summed E-state index contributed by atoms with van der Waals surface area (Å²) in [4.78, 5) is 23.6. The number of carbonyl (C=O) groups is 2. The molecular formula is C15H16N2O5. The van der Waals surface area contributed by atoms with Gasteiger partial charge in [0.2, 0.25) is 0 Å². The van der Waals surface area contributed by atoms with E-state index in [9.17, 15) is 9.59 Å². The number of nitrogens with one attached hydrogen (secondary N) is 1. The molecule has 0 aliphatic carbocycles. The van der Waals surface area contributed by atoms with Gasteiger partial charge in [0.25, 0.3) is 0 Å². The van der Waals surface area contributed by atoms with E-state index in [2.05, 4.69) is 0 Å². The van der Waals surface area contributed by atoms with Crippen LogP contribution in [0.4, 0.5) is 0 Å². The van der Waals surface area contributed by atoms with Crippen molar-refractivity contribution in [2.45, 2.75) is 6.92 Å². The normalized spacial score (nSPS) is 11.0. The molecular weight excluding hydrogens is 288 g/mol. The van der Waals surface area contributed by atoms with Crippen molar-refractivity contribution in [2.24, 2.45) is 5.92 Å². The Labute approximate surface area is 127 Å². The molecule has 7 heteroatoms. The number of rotatable bonds is 7. The molecule has 1 atom stereocenters. The first-order valence-corrected chi connectivity index (χ1v) is 6.31. The van der Waals surface area contributed by atoms with E-state index in [0.29, 0.717) is 11.5 Å². The molecule has 22 heavy (non-hydrogen) atoms. The molecule has 7 nitrogen and oxygen atoms in total. The molecule has 0 saturated carbocycles. The number of esters is 1. The Bertz CT molecular complexity index is 633. The fourth-order valence-electron chi connectivity index (χ4n) is 1.68. The number of ether oxygens (including phenoxy) is 3. The Morgan fingerprint density at radius 2 is 1.91 bits per heavy atom. The van der Waals surface area contributed by atoms with E-state index in [-0.39, 0.29) is 11.3 Å². The van der Waals surface area contributed by atoms with Crippen LogP contribution in [0.3, 0.4) is 0 Å². The molecule has 0 aromatic heterocycles. The predicted molar refractivity (Wildman–Crippen MR) is 77.3 cm³/mol. The standard InChI is InChI=1S/C15H16N2O5/c1-9(17)11(7-16)12(18)8-22-15(19)10-4-5-13(20-2)14(6-10)21-3/h4-6,11,17H,8H2,1-3H3. The SMILES string of the molecule is COc1ccc(C(=O)OCC(=O)C(C#N)C(C)=N)cc1OC. The van der Waals surface area contributed by atoms with Gasteiger partial charge >= 0.3 is 5.97 Å². The van der Waals surface area contributed by atoms with Crippen LogP contribution in [-0.4, -0.2) is 38.3 Å². The molecule has 1 rings (SSSR count). The Morgan fingerprint density at radius 1 is 1.27 bits per heavy atom. The molecule has 0 amide bonds. The molecule has 1 aromatic rings. The number of hydrogen-bond donors (Lipinski definition) is 1. The Morgan fingerprint density at radius 3 is 2.41 bits per heavy atom. The van der Waals surface area contributed by atoms with Crippen LogP contribution in [0.15, 0.2) is 18.2 Å². The Kier molecular flexibility index (Phi) is 6.08. The van der Waals surface area contributed by atoms with Crippen molar-refractivity contribution < 1.29 is 23.8 Å². The summed E-state index contributed by atoms with van der Waals surface area (Å²) < 4.78 is 15.0. The zero-order valence-electron chi connectivity index (χ0n) is 12.5. The third-order valence-corrected chi connectivity index (χ3v) is 2.85. The van der Waals surface area contributed by atoms with Crippen LogP contribution in [0.2, 0.25) is 0 Å².